The van der Waals surface area contributed by atoms with Gasteiger partial charge in [0, 0.05) is 19.3 Å². The summed E-state index contributed by atoms with van der Waals surface area (Å²) in [6.45, 7) is 1.33. The van der Waals surface area contributed by atoms with Gasteiger partial charge in [0.2, 0.25) is 0 Å². The number of aliphatic imine (C=N–C) groups is 1. The number of carbonyl (C=O) groups is 1. The summed E-state index contributed by atoms with van der Waals surface area (Å²) >= 11 is 0.759. The highest BCUT2D eigenvalue weighted by molar-refractivity contribution is 8.17. The number of carbonyl (C=O) groups excluding carboxylic acids is 1. The molecule has 2 aliphatic rings. The van der Waals surface area contributed by atoms with Gasteiger partial charge in [-0.25, -0.2) is 0 Å². The van der Waals surface area contributed by atoms with Gasteiger partial charge in [-0.3, -0.25) is 9.79 Å². The van der Waals surface area contributed by atoms with Crippen LogP contribution in [0.25, 0.3) is 5.76 Å². The highest BCUT2D eigenvalue weighted by atomic mass is 32.2. The molecule has 22 heavy (non-hydrogen) atoms. The number of H-pyrrole nitrogens is 1. The van der Waals surface area contributed by atoms with E-state index < -0.39 is 7.11 Å². The van der Waals surface area contributed by atoms with E-state index >= 15 is 0 Å². The molecule has 3 heterocycles. The molecule has 0 fully saturated rings. The standard InChI is InChI=1S/C13H10BF2N2O3S/c1-8(19)22-13-11(9-4-2-6-17-9)20-14(15,16)21-12(13)10-5-3-7-18-10/h2-7,17H,1H3/q-1/b12-10-. The molecule has 1 N–H and O–H groups in total. The molecule has 0 unspecified atom stereocenters. The van der Waals surface area contributed by atoms with Crippen molar-refractivity contribution >= 4 is 36.0 Å². The predicted octanol–water partition coefficient (Wildman–Crippen LogP) is 3.24. The lowest BCUT2D eigenvalue weighted by Gasteiger charge is -2.37. The molecule has 0 saturated carbocycles. The van der Waals surface area contributed by atoms with Crippen LogP contribution in [0.1, 0.15) is 12.6 Å². The van der Waals surface area contributed by atoms with Gasteiger partial charge in [-0.05, 0) is 36.0 Å². The fraction of sp³-hybridized carbons (Fsp3) is 0.0769. The Bertz CT molecular complexity index is 724. The molecule has 0 radical (unpaired) electrons. The van der Waals surface area contributed by atoms with Gasteiger partial charge in [-0.15, -0.1) is 0 Å². The maximum Gasteiger partial charge on any atom is 0.726 e. The summed E-state index contributed by atoms with van der Waals surface area (Å²) in [7, 11) is -4.55. The molecular formula is C13H10BF2N2O3S-. The smallest absolute Gasteiger partial charge is 0.625 e. The SMILES string of the molecule is CC(=O)SC1=C(c2ccc[nH]2)O[B-](F)(F)O/C1=C1/C=CC=N1. The number of allylic oxidation sites excluding steroid dienone is 2. The van der Waals surface area contributed by atoms with Crippen molar-refractivity contribution in [1.82, 2.24) is 4.98 Å². The second-order valence-corrected chi connectivity index (χ2v) is 5.65. The van der Waals surface area contributed by atoms with Gasteiger partial charge in [-0.1, -0.05) is 0 Å². The van der Waals surface area contributed by atoms with Crippen LogP contribution in [-0.2, 0) is 14.1 Å². The molecule has 114 valence electrons. The van der Waals surface area contributed by atoms with Crippen molar-refractivity contribution in [3.63, 3.8) is 0 Å². The third kappa shape index (κ3) is 2.84. The average Bonchev–Trinajstić information content (AvgIpc) is 3.11. The van der Waals surface area contributed by atoms with Crippen molar-refractivity contribution in [3.05, 3.63) is 52.5 Å². The monoisotopic (exact) mass is 323 g/mol. The maximum absolute atomic E-state index is 13.8. The van der Waals surface area contributed by atoms with Crippen LogP contribution in [0.2, 0.25) is 0 Å². The van der Waals surface area contributed by atoms with E-state index in [0.29, 0.717) is 5.69 Å². The molecule has 0 bridgehead atoms. The van der Waals surface area contributed by atoms with E-state index in [9.17, 15) is 13.4 Å². The van der Waals surface area contributed by atoms with Gasteiger partial charge >= 0.3 is 7.11 Å². The van der Waals surface area contributed by atoms with E-state index in [-0.39, 0.29) is 27.2 Å². The van der Waals surface area contributed by atoms with Crippen LogP contribution in [0, 0.1) is 0 Å². The van der Waals surface area contributed by atoms with E-state index in [1.165, 1.54) is 19.2 Å². The van der Waals surface area contributed by atoms with Gasteiger partial charge in [0.25, 0.3) is 0 Å². The molecular weight excluding hydrogens is 313 g/mol. The number of nitrogens with one attached hydrogen (secondary N) is 1. The zero-order valence-corrected chi connectivity index (χ0v) is 12.2. The lowest BCUT2D eigenvalue weighted by Crippen LogP contribution is -2.35. The number of nitrogens with zero attached hydrogens (tertiary/aromatic N) is 1. The minimum atomic E-state index is -4.55. The Kier molecular flexibility index (Phi) is 3.65. The van der Waals surface area contributed by atoms with E-state index in [0.717, 1.165) is 11.8 Å². The third-order valence-electron chi connectivity index (χ3n) is 2.80. The van der Waals surface area contributed by atoms with Gasteiger partial charge in [0.1, 0.15) is 17.2 Å². The first-order chi connectivity index (χ1) is 10.5. The van der Waals surface area contributed by atoms with Gasteiger partial charge in [-0.2, -0.15) is 0 Å². The van der Waals surface area contributed by atoms with Gasteiger partial charge in [0.05, 0.1) is 10.6 Å². The van der Waals surface area contributed by atoms with Crippen molar-refractivity contribution in [2.24, 2.45) is 4.99 Å². The van der Waals surface area contributed by atoms with Gasteiger partial charge < -0.3 is 22.9 Å². The topological polar surface area (TPSA) is 63.7 Å². The lowest BCUT2D eigenvalue weighted by molar-refractivity contribution is -0.109. The number of hydrogen-bond acceptors (Lipinski definition) is 5. The fourth-order valence-electron chi connectivity index (χ4n) is 2.01. The summed E-state index contributed by atoms with van der Waals surface area (Å²) in [5.74, 6) is -0.287. The largest absolute Gasteiger partial charge is 0.726 e. The highest BCUT2D eigenvalue weighted by Crippen LogP contribution is 2.43. The first-order valence-electron chi connectivity index (χ1n) is 6.36. The minimum absolute atomic E-state index is 0.126. The predicted molar refractivity (Wildman–Crippen MR) is 80.8 cm³/mol. The summed E-state index contributed by atoms with van der Waals surface area (Å²) in [4.78, 5) is 18.4. The highest BCUT2D eigenvalue weighted by Gasteiger charge is 2.42. The number of hydrogen-bond donors (Lipinski definition) is 1. The average molecular weight is 323 g/mol. The van der Waals surface area contributed by atoms with Crippen molar-refractivity contribution in [2.45, 2.75) is 6.92 Å². The summed E-state index contributed by atoms with van der Waals surface area (Å²) < 4.78 is 37.0. The number of rotatable bonds is 2. The Morgan fingerprint density at radius 1 is 1.36 bits per heavy atom. The second kappa shape index (κ2) is 5.49. The first-order valence-corrected chi connectivity index (χ1v) is 7.18. The van der Waals surface area contributed by atoms with Crippen LogP contribution >= 0.6 is 11.8 Å². The Morgan fingerprint density at radius 3 is 2.73 bits per heavy atom. The molecule has 0 saturated heterocycles. The van der Waals surface area contributed by atoms with Crippen molar-refractivity contribution in [3.8, 4) is 0 Å². The third-order valence-corrected chi connectivity index (χ3v) is 3.66. The number of aromatic amines is 1. The normalized spacial score (nSPS) is 22.7. The number of aromatic nitrogens is 1. The van der Waals surface area contributed by atoms with Crippen LogP contribution in [-0.4, -0.2) is 23.4 Å². The van der Waals surface area contributed by atoms with Crippen molar-refractivity contribution in [1.29, 1.82) is 0 Å². The van der Waals surface area contributed by atoms with Gasteiger partial charge in [0.15, 0.2) is 5.12 Å². The Morgan fingerprint density at radius 2 is 2.14 bits per heavy atom. The Balaban J connectivity index is 2.21. The van der Waals surface area contributed by atoms with E-state index in [2.05, 4.69) is 14.6 Å². The van der Waals surface area contributed by atoms with Crippen LogP contribution in [0.15, 0.2) is 51.8 Å². The summed E-state index contributed by atoms with van der Waals surface area (Å²) in [6.07, 6.45) is 6.15. The molecule has 0 spiro atoms. The number of halogens is 2. The molecule has 0 amide bonds. The second-order valence-electron chi connectivity index (χ2n) is 4.46. The molecule has 3 rings (SSSR count). The quantitative estimate of drug-likeness (QED) is 0.849. The minimum Gasteiger partial charge on any atom is -0.625 e. The number of thioether (sulfide) groups is 1. The molecule has 0 aliphatic carbocycles. The van der Waals surface area contributed by atoms with Crippen LogP contribution in [0.4, 0.5) is 8.63 Å². The van der Waals surface area contributed by atoms with Crippen molar-refractivity contribution < 1.29 is 22.7 Å². The van der Waals surface area contributed by atoms with Crippen LogP contribution < -0.4 is 0 Å². The molecule has 2 aliphatic heterocycles. The van der Waals surface area contributed by atoms with E-state index in [1.54, 1.807) is 24.4 Å². The zero-order valence-electron chi connectivity index (χ0n) is 11.4. The molecule has 0 aromatic carbocycles. The molecule has 0 atom stereocenters. The summed E-state index contributed by atoms with van der Waals surface area (Å²) in [6, 6.07) is 3.21. The maximum atomic E-state index is 13.8. The Hall–Kier alpha value is -2.29. The lowest BCUT2D eigenvalue weighted by atomic mass is 10.1. The molecule has 1 aromatic rings. The molecule has 5 nitrogen and oxygen atoms in total. The Labute approximate surface area is 128 Å². The van der Waals surface area contributed by atoms with Crippen LogP contribution in [0.5, 0.6) is 0 Å². The molecule has 1 aromatic heterocycles. The summed E-state index contributed by atoms with van der Waals surface area (Å²) in [5.41, 5.74) is 0.551. The first kappa shape index (κ1) is 14.6. The van der Waals surface area contributed by atoms with E-state index in [1.807, 2.05) is 0 Å². The zero-order chi connectivity index (χ0) is 15.7. The molecule has 9 heteroatoms. The van der Waals surface area contributed by atoms with Crippen molar-refractivity contribution in [2.75, 3.05) is 0 Å². The van der Waals surface area contributed by atoms with E-state index in [4.69, 9.17) is 4.65 Å². The fourth-order valence-corrected chi connectivity index (χ4v) is 2.80. The summed E-state index contributed by atoms with van der Waals surface area (Å²) in [5, 5.41) is -0.284. The van der Waals surface area contributed by atoms with Crippen LogP contribution in [0.3, 0.4) is 0 Å².